The highest BCUT2D eigenvalue weighted by Crippen LogP contribution is 2.26. The second-order valence-corrected chi connectivity index (χ2v) is 4.38. The Labute approximate surface area is 109 Å². The zero-order chi connectivity index (χ0) is 13.4. The molecule has 19 heavy (non-hydrogen) atoms. The Kier molecular flexibility index (Phi) is 2.52. The van der Waals surface area contributed by atoms with Gasteiger partial charge in [0, 0.05) is 35.6 Å². The fourth-order valence-corrected chi connectivity index (χ4v) is 2.07. The van der Waals surface area contributed by atoms with E-state index in [0.29, 0.717) is 11.5 Å². The number of hydrogen-bond donors (Lipinski definition) is 2. The van der Waals surface area contributed by atoms with E-state index in [2.05, 4.69) is 15.0 Å². The molecule has 3 rings (SSSR count). The van der Waals surface area contributed by atoms with Crippen molar-refractivity contribution in [2.45, 2.75) is 6.92 Å². The molecule has 3 N–H and O–H groups in total. The Morgan fingerprint density at radius 1 is 1.32 bits per heavy atom. The lowest BCUT2D eigenvalue weighted by Crippen LogP contribution is -2.05. The van der Waals surface area contributed by atoms with Crippen LogP contribution in [-0.2, 0) is 0 Å². The topological polar surface area (TPSA) is 84.7 Å². The van der Waals surface area contributed by atoms with Crippen LogP contribution in [0.3, 0.4) is 0 Å². The molecule has 0 radical (unpaired) electrons. The summed E-state index contributed by atoms with van der Waals surface area (Å²) in [6.45, 7) is 1.92. The number of aryl methyl sites for hydroxylation is 1. The van der Waals surface area contributed by atoms with Crippen molar-refractivity contribution in [3.05, 3.63) is 52.7 Å². The zero-order valence-electron chi connectivity index (χ0n) is 10.3. The summed E-state index contributed by atoms with van der Waals surface area (Å²) in [5.41, 5.74) is 8.21. The molecule has 0 unspecified atom stereocenters. The standard InChI is InChI=1S/C14H12N4O/c1-8-6-17-13(19)5-10(8)12-4-9-2-3-16-7-11(9)14(15)18-12/h2-7H,1H3,(H2,15,18)(H,17,19). The van der Waals surface area contributed by atoms with E-state index in [0.717, 1.165) is 21.9 Å². The molecule has 0 saturated heterocycles. The molecule has 5 heteroatoms. The first-order valence-electron chi connectivity index (χ1n) is 5.85. The average molecular weight is 252 g/mol. The van der Waals surface area contributed by atoms with Gasteiger partial charge in [-0.25, -0.2) is 4.98 Å². The number of fused-ring (bicyclic) bond motifs is 1. The molecule has 0 aliphatic carbocycles. The van der Waals surface area contributed by atoms with Crippen molar-refractivity contribution in [3.63, 3.8) is 0 Å². The first-order chi connectivity index (χ1) is 9.15. The second kappa shape index (κ2) is 4.20. The summed E-state index contributed by atoms with van der Waals surface area (Å²) in [5.74, 6) is 0.417. The van der Waals surface area contributed by atoms with Gasteiger partial charge in [-0.1, -0.05) is 0 Å². The molecular weight excluding hydrogens is 240 g/mol. The van der Waals surface area contributed by atoms with Crippen molar-refractivity contribution in [2.24, 2.45) is 0 Å². The molecule has 0 aliphatic heterocycles. The van der Waals surface area contributed by atoms with Gasteiger partial charge in [-0.2, -0.15) is 0 Å². The van der Waals surface area contributed by atoms with Gasteiger partial charge in [0.1, 0.15) is 5.82 Å². The lowest BCUT2D eigenvalue weighted by atomic mass is 10.1. The summed E-state index contributed by atoms with van der Waals surface area (Å²) in [7, 11) is 0. The molecule has 0 atom stereocenters. The number of pyridine rings is 3. The number of nitrogens with one attached hydrogen (secondary N) is 1. The smallest absolute Gasteiger partial charge is 0.248 e. The number of anilines is 1. The number of aromatic amines is 1. The number of nitrogens with two attached hydrogens (primary N) is 1. The summed E-state index contributed by atoms with van der Waals surface area (Å²) >= 11 is 0. The van der Waals surface area contributed by atoms with Crippen molar-refractivity contribution in [1.82, 2.24) is 15.0 Å². The van der Waals surface area contributed by atoms with Gasteiger partial charge in [0.15, 0.2) is 0 Å². The van der Waals surface area contributed by atoms with Crippen molar-refractivity contribution in [3.8, 4) is 11.3 Å². The van der Waals surface area contributed by atoms with E-state index in [4.69, 9.17) is 5.73 Å². The van der Waals surface area contributed by atoms with Crippen LogP contribution in [-0.4, -0.2) is 15.0 Å². The molecule has 3 aromatic heterocycles. The first kappa shape index (κ1) is 11.4. The van der Waals surface area contributed by atoms with Crippen molar-refractivity contribution in [1.29, 1.82) is 0 Å². The second-order valence-electron chi connectivity index (χ2n) is 4.38. The van der Waals surface area contributed by atoms with E-state index in [1.54, 1.807) is 18.6 Å². The fourth-order valence-electron chi connectivity index (χ4n) is 2.07. The van der Waals surface area contributed by atoms with Gasteiger partial charge in [-0.3, -0.25) is 9.78 Å². The van der Waals surface area contributed by atoms with Crippen LogP contribution in [0.25, 0.3) is 22.0 Å². The molecule has 0 saturated carbocycles. The third-order valence-electron chi connectivity index (χ3n) is 3.07. The molecular formula is C14H12N4O. The van der Waals surface area contributed by atoms with Crippen molar-refractivity contribution < 1.29 is 0 Å². The number of hydrogen-bond acceptors (Lipinski definition) is 4. The quantitative estimate of drug-likeness (QED) is 0.692. The van der Waals surface area contributed by atoms with Crippen LogP contribution in [0.5, 0.6) is 0 Å². The maximum Gasteiger partial charge on any atom is 0.248 e. The van der Waals surface area contributed by atoms with E-state index in [1.165, 1.54) is 6.07 Å². The van der Waals surface area contributed by atoms with Crippen LogP contribution in [0.2, 0.25) is 0 Å². The summed E-state index contributed by atoms with van der Waals surface area (Å²) < 4.78 is 0. The van der Waals surface area contributed by atoms with Crippen LogP contribution in [0.15, 0.2) is 41.6 Å². The molecule has 0 bridgehead atoms. The molecule has 3 heterocycles. The summed E-state index contributed by atoms with van der Waals surface area (Å²) in [5, 5.41) is 1.77. The van der Waals surface area contributed by atoms with Gasteiger partial charge in [0.25, 0.3) is 0 Å². The van der Waals surface area contributed by atoms with E-state index < -0.39 is 0 Å². The molecule has 0 spiro atoms. The van der Waals surface area contributed by atoms with Crippen molar-refractivity contribution in [2.75, 3.05) is 5.73 Å². The maximum absolute atomic E-state index is 11.4. The van der Waals surface area contributed by atoms with Gasteiger partial charge in [0.2, 0.25) is 5.56 Å². The fraction of sp³-hybridized carbons (Fsp3) is 0.0714. The van der Waals surface area contributed by atoms with Crippen LogP contribution in [0.4, 0.5) is 5.82 Å². The Morgan fingerprint density at radius 2 is 2.16 bits per heavy atom. The third kappa shape index (κ3) is 1.95. The van der Waals surface area contributed by atoms with Crippen LogP contribution >= 0.6 is 0 Å². The number of rotatable bonds is 1. The van der Waals surface area contributed by atoms with Crippen molar-refractivity contribution >= 4 is 16.6 Å². The van der Waals surface area contributed by atoms with Crippen LogP contribution in [0.1, 0.15) is 5.56 Å². The predicted octanol–water partition coefficient (Wildman–Crippen LogP) is 1.88. The Hall–Kier alpha value is -2.69. The molecule has 5 nitrogen and oxygen atoms in total. The lowest BCUT2D eigenvalue weighted by Gasteiger charge is -2.07. The Morgan fingerprint density at radius 3 is 3.00 bits per heavy atom. The van der Waals surface area contributed by atoms with E-state index in [1.807, 2.05) is 19.1 Å². The molecule has 0 aromatic carbocycles. The number of nitrogens with zero attached hydrogens (tertiary/aromatic N) is 2. The van der Waals surface area contributed by atoms with Gasteiger partial charge in [-0.05, 0) is 30.0 Å². The highest BCUT2D eigenvalue weighted by molar-refractivity contribution is 5.93. The summed E-state index contributed by atoms with van der Waals surface area (Å²) in [4.78, 5) is 22.5. The van der Waals surface area contributed by atoms with Gasteiger partial charge < -0.3 is 10.7 Å². The van der Waals surface area contributed by atoms with E-state index in [-0.39, 0.29) is 5.56 Å². The summed E-state index contributed by atoms with van der Waals surface area (Å²) in [6.07, 6.45) is 5.06. The SMILES string of the molecule is Cc1c[nH]c(=O)cc1-c1cc2ccncc2c(N)n1. The molecule has 94 valence electrons. The normalized spacial score (nSPS) is 10.8. The monoisotopic (exact) mass is 252 g/mol. The molecule has 0 fully saturated rings. The predicted molar refractivity (Wildman–Crippen MR) is 74.7 cm³/mol. The summed E-state index contributed by atoms with van der Waals surface area (Å²) in [6, 6.07) is 5.32. The van der Waals surface area contributed by atoms with Crippen LogP contribution in [0, 0.1) is 6.92 Å². The van der Waals surface area contributed by atoms with E-state index >= 15 is 0 Å². The Balaban J connectivity index is 2.31. The van der Waals surface area contributed by atoms with E-state index in [9.17, 15) is 4.79 Å². The molecule has 0 aliphatic rings. The highest BCUT2D eigenvalue weighted by Gasteiger charge is 2.08. The average Bonchev–Trinajstić information content (AvgIpc) is 2.41. The lowest BCUT2D eigenvalue weighted by molar-refractivity contribution is 1.19. The minimum Gasteiger partial charge on any atom is -0.383 e. The first-order valence-corrected chi connectivity index (χ1v) is 5.85. The van der Waals surface area contributed by atoms with Gasteiger partial charge >= 0.3 is 0 Å². The number of aromatic nitrogens is 3. The molecule has 0 amide bonds. The van der Waals surface area contributed by atoms with Crippen LogP contribution < -0.4 is 11.3 Å². The minimum atomic E-state index is -0.157. The Bertz CT molecular complexity index is 823. The number of nitrogen functional groups attached to an aromatic ring is 1. The number of H-pyrrole nitrogens is 1. The van der Waals surface area contributed by atoms with Gasteiger partial charge in [-0.15, -0.1) is 0 Å². The third-order valence-corrected chi connectivity index (χ3v) is 3.07. The zero-order valence-corrected chi connectivity index (χ0v) is 10.3. The molecule has 3 aromatic rings. The maximum atomic E-state index is 11.4. The highest BCUT2D eigenvalue weighted by atomic mass is 16.1. The van der Waals surface area contributed by atoms with Gasteiger partial charge in [0.05, 0.1) is 5.69 Å². The minimum absolute atomic E-state index is 0.157. The largest absolute Gasteiger partial charge is 0.383 e.